The van der Waals surface area contributed by atoms with Gasteiger partial charge in [0, 0.05) is 5.92 Å². The van der Waals surface area contributed by atoms with E-state index in [-0.39, 0.29) is 0 Å². The zero-order valence-corrected chi connectivity index (χ0v) is 6.90. The molecule has 0 bridgehead atoms. The summed E-state index contributed by atoms with van der Waals surface area (Å²) in [5, 5.41) is 8.70. The average molecular weight is 164 g/mol. The monoisotopic (exact) mass is 164 g/mol. The van der Waals surface area contributed by atoms with Gasteiger partial charge in [-0.25, -0.2) is 4.98 Å². The molecule has 0 atom stereocenters. The van der Waals surface area contributed by atoms with Crippen LogP contribution >= 0.6 is 11.3 Å². The minimum Gasteiger partial charge on any atom is -0.248 e. The van der Waals surface area contributed by atoms with Crippen LogP contribution in [0.1, 0.15) is 35.8 Å². The topological polar surface area (TPSA) is 36.7 Å². The van der Waals surface area contributed by atoms with E-state index in [1.165, 1.54) is 30.6 Å². The van der Waals surface area contributed by atoms with Crippen LogP contribution in [0.3, 0.4) is 0 Å². The molecule has 56 valence electrons. The molecular formula is C8H8N2S. The third-order valence-electron chi connectivity index (χ3n) is 2.19. The van der Waals surface area contributed by atoms with Gasteiger partial charge in [0.05, 0.1) is 11.2 Å². The lowest BCUT2D eigenvalue weighted by Gasteiger charge is -2.23. The summed E-state index contributed by atoms with van der Waals surface area (Å²) >= 11 is 1.45. The number of nitriles is 1. The first kappa shape index (κ1) is 6.81. The smallest absolute Gasteiger partial charge is 0.128 e. The molecule has 0 amide bonds. The van der Waals surface area contributed by atoms with E-state index in [1.807, 2.05) is 0 Å². The minimum absolute atomic E-state index is 0.593. The van der Waals surface area contributed by atoms with E-state index in [1.54, 1.807) is 5.51 Å². The highest BCUT2D eigenvalue weighted by atomic mass is 32.1. The lowest BCUT2D eigenvalue weighted by Crippen LogP contribution is -2.10. The average Bonchev–Trinajstić information content (AvgIpc) is 2.32. The molecule has 0 radical (unpaired) electrons. The largest absolute Gasteiger partial charge is 0.248 e. The molecule has 2 nitrogen and oxygen atoms in total. The summed E-state index contributed by atoms with van der Waals surface area (Å²) in [6.45, 7) is 0. The van der Waals surface area contributed by atoms with Crippen LogP contribution in [0.5, 0.6) is 0 Å². The number of thiazole rings is 1. The molecule has 0 aliphatic heterocycles. The highest BCUT2D eigenvalue weighted by Gasteiger charge is 2.24. The van der Waals surface area contributed by atoms with Gasteiger partial charge in [-0.2, -0.15) is 5.26 Å². The van der Waals surface area contributed by atoms with Crippen molar-refractivity contribution in [3.63, 3.8) is 0 Å². The molecule has 0 aromatic carbocycles. The lowest BCUT2D eigenvalue weighted by atomic mass is 9.82. The van der Waals surface area contributed by atoms with Gasteiger partial charge in [0.1, 0.15) is 10.9 Å². The van der Waals surface area contributed by atoms with Gasteiger partial charge >= 0.3 is 0 Å². The van der Waals surface area contributed by atoms with E-state index in [2.05, 4.69) is 11.1 Å². The van der Waals surface area contributed by atoms with Gasteiger partial charge in [0.25, 0.3) is 0 Å². The number of nitrogens with zero attached hydrogens (tertiary/aromatic N) is 2. The number of rotatable bonds is 1. The Labute approximate surface area is 69.5 Å². The molecule has 1 aliphatic carbocycles. The fourth-order valence-corrected chi connectivity index (χ4v) is 1.98. The van der Waals surface area contributed by atoms with Crippen LogP contribution in [0.4, 0.5) is 0 Å². The Morgan fingerprint density at radius 3 is 3.00 bits per heavy atom. The van der Waals surface area contributed by atoms with Crippen molar-refractivity contribution < 1.29 is 0 Å². The highest BCUT2D eigenvalue weighted by Crippen LogP contribution is 2.37. The minimum atomic E-state index is 0.593. The molecule has 0 unspecified atom stereocenters. The maximum atomic E-state index is 8.70. The summed E-state index contributed by atoms with van der Waals surface area (Å²) in [5.74, 6) is 0.593. The lowest BCUT2D eigenvalue weighted by molar-refractivity contribution is 0.412. The van der Waals surface area contributed by atoms with Crippen LogP contribution in [0, 0.1) is 11.3 Å². The molecular weight excluding hydrogens is 156 g/mol. The normalized spacial score (nSPS) is 17.4. The molecule has 11 heavy (non-hydrogen) atoms. The molecule has 0 N–H and O–H groups in total. The van der Waals surface area contributed by atoms with Gasteiger partial charge in [0.2, 0.25) is 0 Å². The van der Waals surface area contributed by atoms with Crippen molar-refractivity contribution in [3.8, 4) is 6.07 Å². The third kappa shape index (κ3) is 1.04. The summed E-state index contributed by atoms with van der Waals surface area (Å²) in [4.78, 5) is 5.02. The molecule has 1 fully saturated rings. The van der Waals surface area contributed by atoms with E-state index < -0.39 is 0 Å². The van der Waals surface area contributed by atoms with Gasteiger partial charge in [-0.1, -0.05) is 6.42 Å². The SMILES string of the molecule is N#Cc1scnc1C1CCC1. The van der Waals surface area contributed by atoms with Crippen molar-refractivity contribution in [2.75, 3.05) is 0 Å². The first-order chi connectivity index (χ1) is 5.42. The van der Waals surface area contributed by atoms with Crippen LogP contribution in [-0.4, -0.2) is 4.98 Å². The predicted molar refractivity (Wildman–Crippen MR) is 43.4 cm³/mol. The number of hydrogen-bond donors (Lipinski definition) is 0. The predicted octanol–water partition coefficient (Wildman–Crippen LogP) is 2.28. The molecule has 1 aliphatic rings. The van der Waals surface area contributed by atoms with Gasteiger partial charge < -0.3 is 0 Å². The summed E-state index contributed by atoms with van der Waals surface area (Å²) in [6, 6.07) is 2.18. The third-order valence-corrected chi connectivity index (χ3v) is 2.94. The summed E-state index contributed by atoms with van der Waals surface area (Å²) in [5.41, 5.74) is 2.82. The fraction of sp³-hybridized carbons (Fsp3) is 0.500. The second kappa shape index (κ2) is 2.63. The highest BCUT2D eigenvalue weighted by molar-refractivity contribution is 7.10. The Kier molecular flexibility index (Phi) is 1.63. The maximum absolute atomic E-state index is 8.70. The summed E-state index contributed by atoms with van der Waals surface area (Å²) in [6.07, 6.45) is 3.74. The first-order valence-corrected chi connectivity index (χ1v) is 4.63. The fourth-order valence-electron chi connectivity index (χ4n) is 1.31. The Balaban J connectivity index is 2.29. The van der Waals surface area contributed by atoms with E-state index in [0.717, 1.165) is 10.6 Å². The van der Waals surface area contributed by atoms with Crippen LogP contribution in [0.15, 0.2) is 5.51 Å². The van der Waals surface area contributed by atoms with Crippen molar-refractivity contribution in [2.24, 2.45) is 0 Å². The molecule has 2 rings (SSSR count). The summed E-state index contributed by atoms with van der Waals surface area (Å²) in [7, 11) is 0. The van der Waals surface area contributed by atoms with Crippen LogP contribution < -0.4 is 0 Å². The van der Waals surface area contributed by atoms with Crippen molar-refractivity contribution in [1.29, 1.82) is 5.26 Å². The molecule has 1 aromatic rings. The van der Waals surface area contributed by atoms with E-state index in [4.69, 9.17) is 5.26 Å². The van der Waals surface area contributed by atoms with Gasteiger partial charge in [-0.05, 0) is 12.8 Å². The second-order valence-electron chi connectivity index (χ2n) is 2.81. The summed E-state index contributed by atoms with van der Waals surface area (Å²) < 4.78 is 0. The molecule has 1 saturated carbocycles. The molecule has 1 aromatic heterocycles. The van der Waals surface area contributed by atoms with Crippen LogP contribution in [-0.2, 0) is 0 Å². The molecule has 3 heteroatoms. The zero-order valence-electron chi connectivity index (χ0n) is 6.08. The van der Waals surface area contributed by atoms with Crippen molar-refractivity contribution >= 4 is 11.3 Å². The second-order valence-corrected chi connectivity index (χ2v) is 3.66. The van der Waals surface area contributed by atoms with Crippen LogP contribution in [0.25, 0.3) is 0 Å². The molecule has 0 saturated heterocycles. The Morgan fingerprint density at radius 1 is 1.64 bits per heavy atom. The van der Waals surface area contributed by atoms with Crippen molar-refractivity contribution in [3.05, 3.63) is 16.1 Å². The number of hydrogen-bond acceptors (Lipinski definition) is 3. The number of aromatic nitrogens is 1. The van der Waals surface area contributed by atoms with Gasteiger partial charge in [-0.15, -0.1) is 11.3 Å². The van der Waals surface area contributed by atoms with Crippen molar-refractivity contribution in [1.82, 2.24) is 4.98 Å². The Bertz CT molecular complexity index is 293. The Hall–Kier alpha value is -0.880. The van der Waals surface area contributed by atoms with E-state index >= 15 is 0 Å². The van der Waals surface area contributed by atoms with Gasteiger partial charge in [0.15, 0.2) is 0 Å². The first-order valence-electron chi connectivity index (χ1n) is 3.75. The molecule has 1 heterocycles. The van der Waals surface area contributed by atoms with Crippen molar-refractivity contribution in [2.45, 2.75) is 25.2 Å². The standard InChI is InChI=1S/C8H8N2S/c9-4-7-8(10-5-11-7)6-2-1-3-6/h5-6H,1-3H2. The quantitative estimate of drug-likeness (QED) is 0.638. The maximum Gasteiger partial charge on any atom is 0.128 e. The van der Waals surface area contributed by atoms with Gasteiger partial charge in [-0.3, -0.25) is 0 Å². The van der Waals surface area contributed by atoms with E-state index in [0.29, 0.717) is 5.92 Å². The molecule has 0 spiro atoms. The van der Waals surface area contributed by atoms with E-state index in [9.17, 15) is 0 Å². The van der Waals surface area contributed by atoms with Crippen LogP contribution in [0.2, 0.25) is 0 Å². The Morgan fingerprint density at radius 2 is 2.45 bits per heavy atom. The zero-order chi connectivity index (χ0) is 7.68.